The molecule has 0 aromatic heterocycles. The van der Waals surface area contributed by atoms with Crippen LogP contribution in [0.15, 0.2) is 91.0 Å². The van der Waals surface area contributed by atoms with Crippen LogP contribution in [-0.2, 0) is 0 Å². The molecule has 0 saturated heterocycles. The van der Waals surface area contributed by atoms with Crippen LogP contribution >= 0.6 is 0 Å². The van der Waals surface area contributed by atoms with Crippen molar-refractivity contribution in [1.82, 2.24) is 0 Å². The van der Waals surface area contributed by atoms with Gasteiger partial charge in [0.15, 0.2) is 0 Å². The summed E-state index contributed by atoms with van der Waals surface area (Å²) in [6.45, 7) is 4.34. The second-order valence-corrected chi connectivity index (χ2v) is 10.6. The maximum absolute atomic E-state index is 12.6. The topological polar surface area (TPSA) is 189 Å². The molecule has 0 amide bonds. The first-order valence-corrected chi connectivity index (χ1v) is 13.6. The predicted molar refractivity (Wildman–Crippen MR) is 161 cm³/mol. The number of carboxylic acid groups (broad SMARTS) is 2. The third kappa shape index (κ3) is 8.44. The minimum absolute atomic E-state index is 0.0655. The van der Waals surface area contributed by atoms with E-state index in [2.05, 4.69) is 0 Å². The first-order valence-electron chi connectivity index (χ1n) is 13.6. The number of carbonyl (C=O) groups is 4. The van der Waals surface area contributed by atoms with Gasteiger partial charge >= 0.3 is 23.9 Å². The van der Waals surface area contributed by atoms with Gasteiger partial charge in [0.05, 0.1) is 40.4 Å². The van der Waals surface area contributed by atoms with Crippen molar-refractivity contribution in [3.63, 3.8) is 0 Å². The average Bonchev–Trinajstić information content (AvgIpc) is 3.03. The van der Waals surface area contributed by atoms with Gasteiger partial charge in [-0.05, 0) is 66.7 Å². The van der Waals surface area contributed by atoms with E-state index in [0.717, 1.165) is 18.2 Å². The predicted octanol–water partition coefficient (Wildman–Crippen LogP) is 5.91. The number of esters is 2. The fourth-order valence-corrected chi connectivity index (χ4v) is 3.98. The molecule has 0 aliphatic heterocycles. The maximum atomic E-state index is 12.6. The highest BCUT2D eigenvalue weighted by atomic mass is 16.6. The largest absolute Gasteiger partial charge is 0.493 e. The van der Waals surface area contributed by atoms with E-state index in [-0.39, 0.29) is 41.4 Å². The Hall–Kier alpha value is -6.24. The van der Waals surface area contributed by atoms with Crippen LogP contribution in [0.2, 0.25) is 0 Å². The number of nitrogens with zero attached hydrogens (tertiary/aromatic N) is 1. The Balaban J connectivity index is 1.27. The summed E-state index contributed by atoms with van der Waals surface area (Å²) >= 11 is 0. The van der Waals surface area contributed by atoms with Gasteiger partial charge in [0, 0.05) is 17.5 Å². The Morgan fingerprint density at radius 2 is 1.04 bits per heavy atom. The van der Waals surface area contributed by atoms with Gasteiger partial charge in [0.2, 0.25) is 0 Å². The van der Waals surface area contributed by atoms with Gasteiger partial charge in [0.1, 0.15) is 23.0 Å². The monoisotopic (exact) mass is 629 g/mol. The fraction of sp³-hybridized carbons (Fsp3) is 0.152. The van der Waals surface area contributed by atoms with E-state index in [9.17, 15) is 39.5 Å². The summed E-state index contributed by atoms with van der Waals surface area (Å²) in [5.74, 6) is -3.25. The lowest BCUT2D eigenvalue weighted by Gasteiger charge is -2.25. The smallest absolute Gasteiger partial charge is 0.344 e. The molecule has 0 aliphatic carbocycles. The third-order valence-corrected chi connectivity index (χ3v) is 6.37. The number of carbonyl (C=O) groups excluding carboxylic acids is 2. The molecule has 0 bridgehead atoms. The van der Waals surface area contributed by atoms with Gasteiger partial charge in [-0.25, -0.2) is 19.2 Å². The van der Waals surface area contributed by atoms with Gasteiger partial charge < -0.3 is 29.2 Å². The lowest BCUT2D eigenvalue weighted by Crippen LogP contribution is -2.28. The number of ether oxygens (including phenoxy) is 4. The van der Waals surface area contributed by atoms with Crippen LogP contribution < -0.4 is 18.9 Å². The number of rotatable bonds is 13. The Labute approximate surface area is 261 Å². The van der Waals surface area contributed by atoms with E-state index < -0.39 is 45.5 Å². The van der Waals surface area contributed by atoms with Crippen molar-refractivity contribution >= 4 is 29.6 Å². The van der Waals surface area contributed by atoms with Crippen LogP contribution in [0.4, 0.5) is 5.69 Å². The second kappa shape index (κ2) is 14.0. The van der Waals surface area contributed by atoms with Crippen molar-refractivity contribution in [2.75, 3.05) is 13.2 Å². The van der Waals surface area contributed by atoms with Crippen LogP contribution in [0.3, 0.4) is 0 Å². The molecule has 0 heterocycles. The molecule has 0 spiro atoms. The van der Waals surface area contributed by atoms with Crippen LogP contribution in [-0.4, -0.2) is 52.2 Å². The van der Waals surface area contributed by atoms with Gasteiger partial charge in [-0.15, -0.1) is 0 Å². The van der Waals surface area contributed by atoms with E-state index in [1.807, 2.05) is 13.8 Å². The Kier molecular flexibility index (Phi) is 9.96. The maximum Gasteiger partial charge on any atom is 0.344 e. The number of hydrogen-bond donors (Lipinski definition) is 2. The molecule has 0 radical (unpaired) electrons. The minimum atomic E-state index is -1.51. The van der Waals surface area contributed by atoms with Crippen molar-refractivity contribution in [3.05, 3.63) is 123 Å². The summed E-state index contributed by atoms with van der Waals surface area (Å²) in [5.41, 5.74) is -2.04. The van der Waals surface area contributed by atoms with Crippen LogP contribution in [0.1, 0.15) is 55.3 Å². The van der Waals surface area contributed by atoms with E-state index in [4.69, 9.17) is 18.9 Å². The van der Waals surface area contributed by atoms with E-state index >= 15 is 0 Å². The number of hydrogen-bond acceptors (Lipinski definition) is 10. The number of nitro groups is 1. The lowest BCUT2D eigenvalue weighted by atomic mass is 9.96. The van der Waals surface area contributed by atoms with E-state index in [1.54, 1.807) is 30.3 Å². The number of non-ortho nitro benzene ring substituents is 1. The minimum Gasteiger partial charge on any atom is -0.493 e. The summed E-state index contributed by atoms with van der Waals surface area (Å²) in [6.07, 6.45) is 0. The van der Waals surface area contributed by atoms with Gasteiger partial charge in [0.25, 0.3) is 5.69 Å². The number of carboxylic acids is 2. The molecular formula is C33H27NO12. The van der Waals surface area contributed by atoms with Crippen molar-refractivity contribution in [1.29, 1.82) is 0 Å². The van der Waals surface area contributed by atoms with Gasteiger partial charge in [-0.2, -0.15) is 0 Å². The molecule has 13 nitrogen and oxygen atoms in total. The Bertz CT molecular complexity index is 1780. The third-order valence-electron chi connectivity index (χ3n) is 6.37. The van der Waals surface area contributed by atoms with Crippen molar-refractivity contribution in [2.24, 2.45) is 5.41 Å². The molecule has 4 aromatic rings. The van der Waals surface area contributed by atoms with E-state index in [0.29, 0.717) is 11.5 Å². The number of benzene rings is 4. The van der Waals surface area contributed by atoms with Crippen LogP contribution in [0.5, 0.6) is 23.0 Å². The highest BCUT2D eigenvalue weighted by molar-refractivity contribution is 6.04. The highest BCUT2D eigenvalue weighted by Gasteiger charge is 2.23. The molecule has 0 saturated carbocycles. The zero-order valence-electron chi connectivity index (χ0n) is 24.5. The molecule has 4 rings (SSSR count). The van der Waals surface area contributed by atoms with Crippen molar-refractivity contribution < 1.29 is 53.3 Å². The van der Waals surface area contributed by atoms with Crippen LogP contribution in [0, 0.1) is 15.5 Å². The molecule has 0 unspecified atom stereocenters. The first kappa shape index (κ1) is 32.7. The standard InChI is InChI=1S/C33H27NO12/c1-33(2,18-43-21-8-12-23(13-9-21)45-31(39)26-6-4-3-5-25(26)29(35)36)19-44-22-10-14-24(15-11-22)46-32(40)27-16-7-20(34(41)42)17-28(27)30(37)38/h3-17H,18-19H2,1-2H3,(H,35,36)(H,37,38). The summed E-state index contributed by atoms with van der Waals surface area (Å²) in [5, 5.41) is 29.6. The molecule has 2 N–H and O–H groups in total. The summed E-state index contributed by atoms with van der Waals surface area (Å²) < 4.78 is 22.3. The van der Waals surface area contributed by atoms with Gasteiger partial charge in [-0.3, -0.25) is 10.1 Å². The van der Waals surface area contributed by atoms with Gasteiger partial charge in [-0.1, -0.05) is 26.0 Å². The average molecular weight is 630 g/mol. The molecular weight excluding hydrogens is 602 g/mol. The molecule has 46 heavy (non-hydrogen) atoms. The lowest BCUT2D eigenvalue weighted by molar-refractivity contribution is -0.384. The molecule has 0 atom stereocenters. The Morgan fingerprint density at radius 1 is 0.630 bits per heavy atom. The second-order valence-electron chi connectivity index (χ2n) is 10.6. The molecule has 0 fully saturated rings. The molecule has 13 heteroatoms. The SMILES string of the molecule is CC(C)(COc1ccc(OC(=O)c2ccccc2C(=O)O)cc1)COc1ccc(OC(=O)c2ccc([N+](=O)[O-])cc2C(=O)O)cc1. The normalized spacial score (nSPS) is 10.8. The zero-order chi connectivity index (χ0) is 33.4. The first-order chi connectivity index (χ1) is 21.8. The summed E-state index contributed by atoms with van der Waals surface area (Å²) in [4.78, 5) is 58.1. The highest BCUT2D eigenvalue weighted by Crippen LogP contribution is 2.26. The number of nitro benzene ring substituents is 1. The summed E-state index contributed by atoms with van der Waals surface area (Å²) in [6, 6.07) is 20.9. The summed E-state index contributed by atoms with van der Waals surface area (Å²) in [7, 11) is 0. The van der Waals surface area contributed by atoms with Crippen molar-refractivity contribution in [2.45, 2.75) is 13.8 Å². The van der Waals surface area contributed by atoms with Crippen LogP contribution in [0.25, 0.3) is 0 Å². The van der Waals surface area contributed by atoms with E-state index in [1.165, 1.54) is 42.5 Å². The van der Waals surface area contributed by atoms with Crippen molar-refractivity contribution in [3.8, 4) is 23.0 Å². The zero-order valence-corrected chi connectivity index (χ0v) is 24.5. The molecule has 4 aromatic carbocycles. The molecule has 0 aliphatic rings. The molecule has 236 valence electrons. The fourth-order valence-electron chi connectivity index (χ4n) is 3.98. The Morgan fingerprint density at radius 3 is 1.48 bits per heavy atom. The number of aromatic carboxylic acids is 2. The quantitative estimate of drug-likeness (QED) is 0.0770.